The van der Waals surface area contributed by atoms with Crippen molar-refractivity contribution in [2.45, 2.75) is 20.8 Å². The van der Waals surface area contributed by atoms with E-state index in [-0.39, 0.29) is 23.7 Å². The van der Waals surface area contributed by atoms with Crippen molar-refractivity contribution in [3.8, 4) is 11.5 Å². The Morgan fingerprint density at radius 3 is 2.44 bits per heavy atom. The first-order valence-electron chi connectivity index (χ1n) is 11.5. The average molecular weight is 503 g/mol. The van der Waals surface area contributed by atoms with E-state index in [0.717, 1.165) is 27.8 Å². The van der Waals surface area contributed by atoms with Crippen molar-refractivity contribution >= 4 is 46.3 Å². The maximum Gasteiger partial charge on any atom is 0.298 e. The zero-order valence-corrected chi connectivity index (χ0v) is 21.1. The maximum atomic E-state index is 12.9. The smallest absolute Gasteiger partial charge is 0.298 e. The third-order valence-corrected chi connectivity index (χ3v) is 6.39. The molecular weight excluding hydrogens is 476 g/mol. The molecule has 3 aromatic rings. The molecule has 3 aromatic carbocycles. The number of amides is 3. The highest BCUT2D eigenvalue weighted by Crippen LogP contribution is 2.37. The van der Waals surface area contributed by atoms with Crippen molar-refractivity contribution in [2.75, 3.05) is 23.4 Å². The second-order valence-corrected chi connectivity index (χ2v) is 9.12. The second kappa shape index (κ2) is 11.1. The number of nitrogens with one attached hydrogen (secondary N) is 1. The summed E-state index contributed by atoms with van der Waals surface area (Å²) in [4.78, 5) is 39.2. The summed E-state index contributed by atoms with van der Waals surface area (Å²) in [5.74, 6) is 0.172. The van der Waals surface area contributed by atoms with Crippen LogP contribution in [0.1, 0.15) is 23.6 Å². The number of ether oxygens (including phenoxy) is 2. The fraction of sp³-hybridized carbons (Fsp3) is 0.179. The van der Waals surface area contributed by atoms with Gasteiger partial charge in [0.2, 0.25) is 0 Å². The van der Waals surface area contributed by atoms with Gasteiger partial charge in [-0.1, -0.05) is 30.3 Å². The van der Waals surface area contributed by atoms with Crippen LogP contribution >= 0.6 is 11.8 Å². The summed E-state index contributed by atoms with van der Waals surface area (Å²) in [7, 11) is 0. The minimum Gasteiger partial charge on any atom is -0.490 e. The molecule has 36 heavy (non-hydrogen) atoms. The molecule has 0 atom stereocenters. The summed E-state index contributed by atoms with van der Waals surface area (Å²) in [6.45, 7) is 6.03. The molecule has 0 aliphatic carbocycles. The van der Waals surface area contributed by atoms with Gasteiger partial charge in [0.1, 0.15) is 0 Å². The van der Waals surface area contributed by atoms with E-state index >= 15 is 0 Å². The number of hydrogen-bond donors (Lipinski definition) is 1. The van der Waals surface area contributed by atoms with E-state index in [2.05, 4.69) is 5.32 Å². The number of carbonyl (C=O) groups excluding carboxylic acids is 3. The van der Waals surface area contributed by atoms with Crippen LogP contribution in [-0.2, 0) is 9.59 Å². The molecule has 184 valence electrons. The van der Waals surface area contributed by atoms with Gasteiger partial charge in [0.15, 0.2) is 18.1 Å². The van der Waals surface area contributed by atoms with E-state index in [1.165, 1.54) is 0 Å². The molecule has 1 aliphatic heterocycles. The van der Waals surface area contributed by atoms with Crippen LogP contribution in [0.4, 0.5) is 16.2 Å². The van der Waals surface area contributed by atoms with Crippen LogP contribution in [0.2, 0.25) is 0 Å². The molecule has 0 saturated carbocycles. The number of hydrogen-bond acceptors (Lipinski definition) is 6. The molecule has 0 radical (unpaired) electrons. The Kier molecular flexibility index (Phi) is 7.75. The molecule has 0 spiro atoms. The lowest BCUT2D eigenvalue weighted by Gasteiger charge is -2.13. The van der Waals surface area contributed by atoms with Crippen LogP contribution in [0.25, 0.3) is 6.08 Å². The molecular formula is C28H26N2O5S. The Morgan fingerprint density at radius 2 is 1.72 bits per heavy atom. The van der Waals surface area contributed by atoms with Crippen LogP contribution in [-0.4, -0.2) is 30.3 Å². The Morgan fingerprint density at radius 1 is 0.944 bits per heavy atom. The Bertz CT molecular complexity index is 1340. The van der Waals surface area contributed by atoms with Crippen LogP contribution in [0.3, 0.4) is 0 Å². The van der Waals surface area contributed by atoms with Crippen molar-refractivity contribution in [2.24, 2.45) is 0 Å². The molecule has 8 heteroatoms. The van der Waals surface area contributed by atoms with E-state index in [1.54, 1.807) is 48.5 Å². The molecule has 0 unspecified atom stereocenters. The van der Waals surface area contributed by atoms with Crippen molar-refractivity contribution in [1.82, 2.24) is 0 Å². The number of thioether (sulfide) groups is 1. The van der Waals surface area contributed by atoms with Crippen molar-refractivity contribution in [3.05, 3.63) is 88.3 Å². The van der Waals surface area contributed by atoms with Gasteiger partial charge in [-0.15, -0.1) is 0 Å². The summed E-state index contributed by atoms with van der Waals surface area (Å²) >= 11 is 0.885. The molecule has 1 fully saturated rings. The van der Waals surface area contributed by atoms with Gasteiger partial charge in [0.05, 0.1) is 17.2 Å². The molecule has 0 aromatic heterocycles. The third-order valence-electron chi connectivity index (χ3n) is 5.52. The molecule has 3 amide bonds. The minimum absolute atomic E-state index is 0.192. The van der Waals surface area contributed by atoms with Crippen LogP contribution in [0, 0.1) is 13.8 Å². The van der Waals surface area contributed by atoms with E-state index in [4.69, 9.17) is 9.47 Å². The van der Waals surface area contributed by atoms with Gasteiger partial charge in [-0.05, 0) is 91.7 Å². The number of anilines is 2. The fourth-order valence-electron chi connectivity index (χ4n) is 3.58. The monoisotopic (exact) mass is 502 g/mol. The molecule has 7 nitrogen and oxygen atoms in total. The summed E-state index contributed by atoms with van der Waals surface area (Å²) in [5, 5.41) is 2.48. The summed E-state index contributed by atoms with van der Waals surface area (Å²) in [6.07, 6.45) is 1.65. The predicted molar refractivity (Wildman–Crippen MR) is 143 cm³/mol. The predicted octanol–water partition coefficient (Wildman–Crippen LogP) is 5.96. The van der Waals surface area contributed by atoms with Gasteiger partial charge < -0.3 is 14.8 Å². The Hall–Kier alpha value is -4.04. The number of carbonyl (C=O) groups is 3. The third kappa shape index (κ3) is 5.78. The van der Waals surface area contributed by atoms with Crippen LogP contribution < -0.4 is 19.7 Å². The highest BCUT2D eigenvalue weighted by molar-refractivity contribution is 8.19. The zero-order valence-electron chi connectivity index (χ0n) is 20.2. The first-order valence-corrected chi connectivity index (χ1v) is 12.3. The molecule has 1 aliphatic rings. The number of para-hydroxylation sites is 1. The maximum absolute atomic E-state index is 12.9. The molecule has 0 bridgehead atoms. The van der Waals surface area contributed by atoms with Gasteiger partial charge in [0, 0.05) is 5.69 Å². The Labute approximate surface area is 214 Å². The lowest BCUT2D eigenvalue weighted by molar-refractivity contribution is -0.118. The quantitative estimate of drug-likeness (QED) is 0.383. The number of nitrogens with zero attached hydrogens (tertiary/aromatic N) is 1. The largest absolute Gasteiger partial charge is 0.490 e. The van der Waals surface area contributed by atoms with Gasteiger partial charge >= 0.3 is 0 Å². The topological polar surface area (TPSA) is 84.9 Å². The normalized spacial score (nSPS) is 14.3. The van der Waals surface area contributed by atoms with Crippen molar-refractivity contribution < 1.29 is 23.9 Å². The first-order chi connectivity index (χ1) is 17.4. The van der Waals surface area contributed by atoms with Gasteiger partial charge in [-0.25, -0.2) is 4.90 Å². The van der Waals surface area contributed by atoms with Gasteiger partial charge in [-0.3, -0.25) is 14.4 Å². The van der Waals surface area contributed by atoms with Crippen molar-refractivity contribution in [3.63, 3.8) is 0 Å². The van der Waals surface area contributed by atoms with E-state index in [9.17, 15) is 14.4 Å². The SMILES string of the molecule is CCOc1cc(/C=C2\SC(=O)N(c3ccccc3)C2=O)ccc1OCC(=O)Nc1ccc(C)c(C)c1. The highest BCUT2D eigenvalue weighted by Gasteiger charge is 2.36. The molecule has 1 saturated heterocycles. The summed E-state index contributed by atoms with van der Waals surface area (Å²) < 4.78 is 11.4. The lowest BCUT2D eigenvalue weighted by Crippen LogP contribution is -2.27. The molecule has 1 heterocycles. The fourth-order valence-corrected chi connectivity index (χ4v) is 4.42. The van der Waals surface area contributed by atoms with E-state index < -0.39 is 0 Å². The summed E-state index contributed by atoms with van der Waals surface area (Å²) in [5.41, 5.74) is 4.14. The van der Waals surface area contributed by atoms with E-state index in [0.29, 0.717) is 39.9 Å². The number of aryl methyl sites for hydroxylation is 2. The lowest BCUT2D eigenvalue weighted by atomic mass is 10.1. The number of rotatable bonds is 8. The first kappa shape index (κ1) is 25.1. The number of benzene rings is 3. The average Bonchev–Trinajstić information content (AvgIpc) is 3.14. The molecule has 4 rings (SSSR count). The summed E-state index contributed by atoms with van der Waals surface area (Å²) in [6, 6.07) is 19.7. The highest BCUT2D eigenvalue weighted by atomic mass is 32.2. The Balaban J connectivity index is 1.46. The van der Waals surface area contributed by atoms with Gasteiger partial charge in [-0.2, -0.15) is 0 Å². The van der Waals surface area contributed by atoms with Crippen molar-refractivity contribution in [1.29, 1.82) is 0 Å². The zero-order chi connectivity index (χ0) is 25.7. The number of imide groups is 1. The molecule has 1 N–H and O–H groups in total. The van der Waals surface area contributed by atoms with Crippen LogP contribution in [0.15, 0.2) is 71.6 Å². The van der Waals surface area contributed by atoms with E-state index in [1.807, 2.05) is 45.0 Å². The van der Waals surface area contributed by atoms with Crippen LogP contribution in [0.5, 0.6) is 11.5 Å². The minimum atomic E-state index is -0.377. The standard InChI is InChI=1S/C28H26N2O5S/c1-4-34-24-15-20(16-25-27(32)30(28(33)36-25)22-8-6-5-7-9-22)11-13-23(24)35-17-26(31)29-21-12-10-18(2)19(3)14-21/h5-16H,4,17H2,1-3H3,(H,29,31)/b25-16-. The second-order valence-electron chi connectivity index (χ2n) is 8.13. The van der Waals surface area contributed by atoms with Gasteiger partial charge in [0.25, 0.3) is 17.1 Å².